The molecule has 2 aromatic rings. The first-order valence-corrected chi connectivity index (χ1v) is 11.2. The van der Waals surface area contributed by atoms with E-state index in [0.717, 1.165) is 41.0 Å². The van der Waals surface area contributed by atoms with Crippen molar-refractivity contribution in [1.82, 2.24) is 14.8 Å². The highest BCUT2D eigenvalue weighted by molar-refractivity contribution is 6.09. The van der Waals surface area contributed by atoms with E-state index in [0.29, 0.717) is 5.92 Å². The van der Waals surface area contributed by atoms with Crippen LogP contribution in [0.4, 0.5) is 0 Å². The molecular formula is C25H37N3O2. The lowest BCUT2D eigenvalue weighted by molar-refractivity contribution is 0.0738. The van der Waals surface area contributed by atoms with E-state index in [9.17, 15) is 4.79 Å². The average Bonchev–Trinajstić information content (AvgIpc) is 3.27. The Morgan fingerprint density at radius 2 is 2.03 bits per heavy atom. The van der Waals surface area contributed by atoms with Crippen molar-refractivity contribution in [2.45, 2.75) is 59.5 Å². The van der Waals surface area contributed by atoms with E-state index in [1.54, 1.807) is 7.11 Å². The number of carbonyl (C=O) groups excluding carboxylic acids is 1. The van der Waals surface area contributed by atoms with Crippen LogP contribution in [0.3, 0.4) is 0 Å². The summed E-state index contributed by atoms with van der Waals surface area (Å²) in [6.07, 6.45) is 3.72. The summed E-state index contributed by atoms with van der Waals surface area (Å²) in [5.41, 5.74) is 3.17. The lowest BCUT2D eigenvalue weighted by atomic mass is 9.68. The molecule has 30 heavy (non-hydrogen) atoms. The molecule has 2 bridgehead atoms. The van der Waals surface area contributed by atoms with E-state index in [4.69, 9.17) is 4.74 Å². The van der Waals surface area contributed by atoms with Crippen LogP contribution in [-0.4, -0.2) is 49.2 Å². The van der Waals surface area contributed by atoms with Crippen molar-refractivity contribution in [3.8, 4) is 5.75 Å². The highest BCUT2D eigenvalue weighted by Gasteiger charge is 2.59. The summed E-state index contributed by atoms with van der Waals surface area (Å²) >= 11 is 0. The summed E-state index contributed by atoms with van der Waals surface area (Å²) in [5, 5.41) is 4.48. The zero-order valence-electron chi connectivity index (χ0n) is 19.6. The molecular weight excluding hydrogens is 374 g/mol. The number of rotatable bonds is 6. The van der Waals surface area contributed by atoms with Crippen molar-refractivity contribution in [1.29, 1.82) is 0 Å². The first kappa shape index (κ1) is 21.2. The Kier molecular flexibility index (Phi) is 5.16. The minimum Gasteiger partial charge on any atom is -0.495 e. The van der Waals surface area contributed by atoms with Crippen molar-refractivity contribution < 1.29 is 9.53 Å². The van der Waals surface area contributed by atoms with Crippen LogP contribution in [-0.2, 0) is 6.54 Å². The molecule has 4 rings (SSSR count). The van der Waals surface area contributed by atoms with Gasteiger partial charge in [0, 0.05) is 30.2 Å². The Balaban J connectivity index is 1.75. The molecule has 1 heterocycles. The minimum absolute atomic E-state index is 0.0567. The fourth-order valence-electron chi connectivity index (χ4n) is 6.40. The Morgan fingerprint density at radius 3 is 2.63 bits per heavy atom. The second-order valence-corrected chi connectivity index (χ2v) is 10.6. The third-order valence-electron chi connectivity index (χ3n) is 8.07. The maximum absolute atomic E-state index is 13.7. The number of likely N-dealkylation sites (N-methyl/N-ethyl adjacent to an activating group) is 1. The molecule has 1 amide bonds. The third kappa shape index (κ3) is 3.13. The molecule has 5 heteroatoms. The molecule has 164 valence electrons. The fraction of sp³-hybridized carbons (Fsp3) is 0.640. The van der Waals surface area contributed by atoms with Gasteiger partial charge in [0.2, 0.25) is 0 Å². The molecule has 2 fully saturated rings. The molecule has 1 aromatic carbocycles. The number of nitrogens with zero attached hydrogens (tertiary/aromatic N) is 2. The van der Waals surface area contributed by atoms with Crippen molar-refractivity contribution in [2.75, 3.05) is 27.7 Å². The summed E-state index contributed by atoms with van der Waals surface area (Å²) < 4.78 is 7.93. The number of methoxy groups -OCH3 is 1. The van der Waals surface area contributed by atoms with Crippen molar-refractivity contribution in [2.24, 2.45) is 16.7 Å². The molecule has 3 atom stereocenters. The normalized spacial score (nSPS) is 27.2. The number of hydrogen-bond donors (Lipinski definition) is 1. The van der Waals surface area contributed by atoms with Crippen LogP contribution >= 0.6 is 0 Å². The summed E-state index contributed by atoms with van der Waals surface area (Å²) in [6, 6.07) is 6.23. The van der Waals surface area contributed by atoms with Gasteiger partial charge in [-0.05, 0) is 63.1 Å². The van der Waals surface area contributed by atoms with Crippen LogP contribution in [0.5, 0.6) is 5.75 Å². The molecule has 2 aliphatic rings. The lowest BCUT2D eigenvalue weighted by Gasteiger charge is -2.43. The number of benzene rings is 1. The van der Waals surface area contributed by atoms with Gasteiger partial charge in [0.15, 0.2) is 0 Å². The predicted octanol–water partition coefficient (Wildman–Crippen LogP) is 4.46. The van der Waals surface area contributed by atoms with E-state index in [2.05, 4.69) is 62.6 Å². The van der Waals surface area contributed by atoms with Crippen LogP contribution in [0.1, 0.15) is 56.1 Å². The third-order valence-corrected chi connectivity index (χ3v) is 8.07. The van der Waals surface area contributed by atoms with Gasteiger partial charge in [-0.3, -0.25) is 4.79 Å². The monoisotopic (exact) mass is 411 g/mol. The molecule has 0 saturated heterocycles. The number of para-hydroxylation sites is 1. The Bertz CT molecular complexity index is 970. The van der Waals surface area contributed by atoms with Gasteiger partial charge in [-0.2, -0.15) is 0 Å². The quantitative estimate of drug-likeness (QED) is 0.763. The van der Waals surface area contributed by atoms with E-state index < -0.39 is 0 Å². The molecule has 0 spiro atoms. The molecule has 0 aliphatic heterocycles. The van der Waals surface area contributed by atoms with Crippen LogP contribution in [0.2, 0.25) is 0 Å². The van der Waals surface area contributed by atoms with Gasteiger partial charge >= 0.3 is 0 Å². The summed E-state index contributed by atoms with van der Waals surface area (Å²) in [6.45, 7) is 10.8. The summed E-state index contributed by atoms with van der Waals surface area (Å²) in [5.74, 6) is 1.58. The molecule has 5 nitrogen and oxygen atoms in total. The van der Waals surface area contributed by atoms with Crippen molar-refractivity contribution in [3.05, 3.63) is 29.5 Å². The van der Waals surface area contributed by atoms with Gasteiger partial charge < -0.3 is 19.5 Å². The van der Waals surface area contributed by atoms with Gasteiger partial charge in [-0.25, -0.2) is 0 Å². The SMILES string of the molecule is COc1cccc2c(C(=O)N[C@@H]3C(C)(C)C4CC[C@@]3(C)C4)c(C)n(CCN(C)C)c12. The largest absolute Gasteiger partial charge is 0.495 e. The standard InChI is InChI=1S/C25H37N3O2/c1-16-20(22(29)26-23-24(2,3)17-11-12-25(23,4)15-17)18-9-8-10-19(30-7)21(18)28(16)14-13-27(5)6/h8-10,17,23H,11-15H2,1-7H3,(H,26,29)/t17?,23-,25+/m1/s1. The highest BCUT2D eigenvalue weighted by Crippen LogP contribution is 2.62. The topological polar surface area (TPSA) is 46.5 Å². The number of hydrogen-bond acceptors (Lipinski definition) is 3. The van der Waals surface area contributed by atoms with E-state index in [1.165, 1.54) is 19.3 Å². The van der Waals surface area contributed by atoms with Crippen molar-refractivity contribution >= 4 is 16.8 Å². The number of nitrogens with one attached hydrogen (secondary N) is 1. The maximum atomic E-state index is 13.7. The average molecular weight is 412 g/mol. The van der Waals surface area contributed by atoms with Crippen molar-refractivity contribution in [3.63, 3.8) is 0 Å². The number of amides is 1. The van der Waals surface area contributed by atoms with Gasteiger partial charge in [-0.1, -0.05) is 32.9 Å². The molecule has 0 radical (unpaired) electrons. The van der Waals surface area contributed by atoms with Crippen LogP contribution in [0.15, 0.2) is 18.2 Å². The molecule has 1 unspecified atom stereocenters. The molecule has 1 N–H and O–H groups in total. The zero-order chi connectivity index (χ0) is 21.8. The van der Waals surface area contributed by atoms with Gasteiger partial charge in [-0.15, -0.1) is 0 Å². The zero-order valence-corrected chi connectivity index (χ0v) is 19.6. The lowest BCUT2D eigenvalue weighted by Crippen LogP contribution is -2.52. The molecule has 2 saturated carbocycles. The maximum Gasteiger partial charge on any atom is 0.253 e. The first-order valence-electron chi connectivity index (χ1n) is 11.2. The second kappa shape index (κ2) is 7.30. The molecule has 2 aliphatic carbocycles. The smallest absolute Gasteiger partial charge is 0.253 e. The van der Waals surface area contributed by atoms with Gasteiger partial charge in [0.1, 0.15) is 5.75 Å². The Hall–Kier alpha value is -2.01. The Morgan fingerprint density at radius 1 is 1.30 bits per heavy atom. The number of ether oxygens (including phenoxy) is 1. The van der Waals surface area contributed by atoms with Crippen LogP contribution in [0.25, 0.3) is 10.9 Å². The summed E-state index contributed by atoms with van der Waals surface area (Å²) in [4.78, 5) is 15.9. The van der Waals surface area contributed by atoms with Crippen LogP contribution in [0, 0.1) is 23.7 Å². The van der Waals surface area contributed by atoms with Crippen LogP contribution < -0.4 is 10.1 Å². The second-order valence-electron chi connectivity index (χ2n) is 10.6. The molecule has 1 aromatic heterocycles. The highest BCUT2D eigenvalue weighted by atomic mass is 16.5. The van der Waals surface area contributed by atoms with Gasteiger partial charge in [0.05, 0.1) is 18.2 Å². The number of carbonyl (C=O) groups is 1. The number of fused-ring (bicyclic) bond motifs is 3. The number of aromatic nitrogens is 1. The van der Waals surface area contributed by atoms with E-state index in [-0.39, 0.29) is 22.8 Å². The summed E-state index contributed by atoms with van der Waals surface area (Å²) in [7, 11) is 5.85. The fourth-order valence-corrected chi connectivity index (χ4v) is 6.40. The predicted molar refractivity (Wildman–Crippen MR) is 122 cm³/mol. The minimum atomic E-state index is 0.0567. The van der Waals surface area contributed by atoms with E-state index >= 15 is 0 Å². The van der Waals surface area contributed by atoms with E-state index in [1.807, 2.05) is 12.1 Å². The van der Waals surface area contributed by atoms with Gasteiger partial charge in [0.25, 0.3) is 5.91 Å². The first-order chi connectivity index (χ1) is 14.1. The Labute approximate surface area is 180 Å².